The Hall–Kier alpha value is -1.14. The van der Waals surface area contributed by atoms with E-state index in [9.17, 15) is 12.8 Å². The molecule has 0 aliphatic rings. The number of nitrogens with two attached hydrogens (primary N) is 1. The second-order valence-corrected chi connectivity index (χ2v) is 6.70. The Kier molecular flexibility index (Phi) is 6.42. The molecule has 0 atom stereocenters. The fraction of sp³-hybridized carbons (Fsp3) is 0.571. The van der Waals surface area contributed by atoms with Gasteiger partial charge in [-0.25, -0.2) is 12.8 Å². The molecule has 1 rings (SSSR count). The Morgan fingerprint density at radius 2 is 1.70 bits per heavy atom. The fourth-order valence-electron chi connectivity index (χ4n) is 1.91. The SMILES string of the molecule is CCCCN(CCCC)S(=O)(=O)c1ccc(F)cc1N. The minimum absolute atomic E-state index is 0.00824. The lowest BCUT2D eigenvalue weighted by molar-refractivity contribution is 0.395. The minimum atomic E-state index is -3.65. The highest BCUT2D eigenvalue weighted by atomic mass is 32.2. The van der Waals surface area contributed by atoms with Crippen molar-refractivity contribution in [1.82, 2.24) is 4.31 Å². The van der Waals surface area contributed by atoms with Crippen molar-refractivity contribution in [3.8, 4) is 0 Å². The van der Waals surface area contributed by atoms with Crippen LogP contribution in [-0.2, 0) is 10.0 Å². The van der Waals surface area contributed by atoms with Crippen LogP contribution < -0.4 is 5.73 Å². The van der Waals surface area contributed by atoms with Crippen LogP contribution in [0.5, 0.6) is 0 Å². The number of benzene rings is 1. The summed E-state index contributed by atoms with van der Waals surface area (Å²) in [6.07, 6.45) is 3.42. The van der Waals surface area contributed by atoms with Crippen LogP contribution in [0, 0.1) is 5.82 Å². The van der Waals surface area contributed by atoms with E-state index in [4.69, 9.17) is 5.73 Å². The van der Waals surface area contributed by atoms with Gasteiger partial charge in [0.25, 0.3) is 0 Å². The summed E-state index contributed by atoms with van der Waals surface area (Å²) in [5.74, 6) is -0.532. The third-order valence-corrected chi connectivity index (χ3v) is 5.08. The Morgan fingerprint density at radius 1 is 1.15 bits per heavy atom. The number of rotatable bonds is 8. The van der Waals surface area contributed by atoms with Gasteiger partial charge in [0, 0.05) is 13.1 Å². The van der Waals surface area contributed by atoms with Crippen molar-refractivity contribution in [2.75, 3.05) is 18.8 Å². The van der Waals surface area contributed by atoms with E-state index in [0.717, 1.165) is 37.8 Å². The third kappa shape index (κ3) is 4.18. The monoisotopic (exact) mass is 302 g/mol. The first kappa shape index (κ1) is 16.9. The van der Waals surface area contributed by atoms with E-state index in [0.29, 0.717) is 13.1 Å². The minimum Gasteiger partial charge on any atom is -0.398 e. The zero-order valence-corrected chi connectivity index (χ0v) is 12.9. The average molecular weight is 302 g/mol. The van der Waals surface area contributed by atoms with Gasteiger partial charge in [-0.2, -0.15) is 4.31 Å². The second-order valence-electron chi connectivity index (χ2n) is 4.79. The molecular formula is C14H23FN2O2S. The third-order valence-electron chi connectivity index (χ3n) is 3.11. The van der Waals surface area contributed by atoms with Gasteiger partial charge in [0.15, 0.2) is 0 Å². The first-order chi connectivity index (χ1) is 9.43. The van der Waals surface area contributed by atoms with Crippen molar-refractivity contribution in [3.05, 3.63) is 24.0 Å². The number of hydrogen-bond acceptors (Lipinski definition) is 3. The first-order valence-corrected chi connectivity index (χ1v) is 8.42. The second kappa shape index (κ2) is 7.59. The molecule has 0 aromatic heterocycles. The van der Waals surface area contributed by atoms with Crippen LogP contribution in [0.2, 0.25) is 0 Å². The number of nitrogen functional groups attached to an aromatic ring is 1. The van der Waals surface area contributed by atoms with Gasteiger partial charge in [-0.1, -0.05) is 26.7 Å². The highest BCUT2D eigenvalue weighted by Gasteiger charge is 2.25. The van der Waals surface area contributed by atoms with Crippen LogP contribution >= 0.6 is 0 Å². The molecule has 1 aromatic carbocycles. The predicted molar refractivity (Wildman–Crippen MR) is 79.4 cm³/mol. The van der Waals surface area contributed by atoms with Crippen molar-refractivity contribution in [2.45, 2.75) is 44.4 Å². The standard InChI is InChI=1S/C14H23FN2O2S/c1-3-5-9-17(10-6-4-2)20(18,19)14-8-7-12(15)11-13(14)16/h7-8,11H,3-6,9-10,16H2,1-2H3. The highest BCUT2D eigenvalue weighted by Crippen LogP contribution is 2.23. The van der Waals surface area contributed by atoms with E-state index in [-0.39, 0.29) is 10.6 Å². The van der Waals surface area contributed by atoms with Crippen LogP contribution in [0.15, 0.2) is 23.1 Å². The maximum Gasteiger partial charge on any atom is 0.245 e. The van der Waals surface area contributed by atoms with Gasteiger partial charge in [-0.05, 0) is 31.0 Å². The average Bonchev–Trinajstić information content (AvgIpc) is 2.38. The maximum absolute atomic E-state index is 13.1. The summed E-state index contributed by atoms with van der Waals surface area (Å²) in [7, 11) is -3.65. The van der Waals surface area contributed by atoms with E-state index in [1.165, 1.54) is 10.4 Å². The Labute approximate surface area is 120 Å². The van der Waals surface area contributed by atoms with Crippen molar-refractivity contribution in [2.24, 2.45) is 0 Å². The molecule has 0 aliphatic heterocycles. The molecular weight excluding hydrogens is 279 g/mol. The van der Waals surface area contributed by atoms with E-state index in [1.807, 2.05) is 13.8 Å². The lowest BCUT2D eigenvalue weighted by Crippen LogP contribution is -2.33. The molecule has 0 radical (unpaired) electrons. The number of halogens is 1. The lowest BCUT2D eigenvalue weighted by atomic mass is 10.3. The van der Waals surface area contributed by atoms with Gasteiger partial charge in [0.2, 0.25) is 10.0 Å². The number of sulfonamides is 1. The van der Waals surface area contributed by atoms with Crippen LogP contribution in [0.3, 0.4) is 0 Å². The van der Waals surface area contributed by atoms with Gasteiger partial charge in [-0.15, -0.1) is 0 Å². The molecule has 114 valence electrons. The smallest absolute Gasteiger partial charge is 0.245 e. The van der Waals surface area contributed by atoms with Crippen LogP contribution in [-0.4, -0.2) is 25.8 Å². The van der Waals surface area contributed by atoms with Gasteiger partial charge >= 0.3 is 0 Å². The molecule has 0 saturated carbocycles. The number of unbranched alkanes of at least 4 members (excludes halogenated alkanes) is 2. The van der Waals surface area contributed by atoms with E-state index in [1.54, 1.807) is 0 Å². The molecule has 1 aromatic rings. The van der Waals surface area contributed by atoms with Crippen molar-refractivity contribution in [3.63, 3.8) is 0 Å². The van der Waals surface area contributed by atoms with Gasteiger partial charge in [0.1, 0.15) is 10.7 Å². The van der Waals surface area contributed by atoms with E-state index >= 15 is 0 Å². The Balaban J connectivity index is 3.07. The van der Waals surface area contributed by atoms with Gasteiger partial charge in [-0.3, -0.25) is 0 Å². The Bertz CT molecular complexity index is 524. The molecule has 0 amide bonds. The molecule has 0 spiro atoms. The molecule has 2 N–H and O–H groups in total. The molecule has 0 unspecified atom stereocenters. The van der Waals surface area contributed by atoms with Crippen LogP contribution in [0.1, 0.15) is 39.5 Å². The summed E-state index contributed by atoms with van der Waals surface area (Å²) in [5.41, 5.74) is 5.62. The molecule has 4 nitrogen and oxygen atoms in total. The van der Waals surface area contributed by atoms with E-state index < -0.39 is 15.8 Å². The Morgan fingerprint density at radius 3 is 2.15 bits per heavy atom. The zero-order valence-electron chi connectivity index (χ0n) is 12.1. The lowest BCUT2D eigenvalue weighted by Gasteiger charge is -2.22. The largest absolute Gasteiger partial charge is 0.398 e. The predicted octanol–water partition coefficient (Wildman–Crippen LogP) is 3.00. The maximum atomic E-state index is 13.1. The normalized spacial score (nSPS) is 12.0. The molecule has 20 heavy (non-hydrogen) atoms. The van der Waals surface area contributed by atoms with Gasteiger partial charge in [0.05, 0.1) is 5.69 Å². The summed E-state index contributed by atoms with van der Waals surface area (Å²) < 4.78 is 39.7. The molecule has 0 fully saturated rings. The van der Waals surface area contributed by atoms with E-state index in [2.05, 4.69) is 0 Å². The van der Waals surface area contributed by atoms with Crippen LogP contribution in [0.4, 0.5) is 10.1 Å². The first-order valence-electron chi connectivity index (χ1n) is 6.98. The molecule has 0 saturated heterocycles. The zero-order chi connectivity index (χ0) is 15.2. The number of anilines is 1. The molecule has 0 heterocycles. The van der Waals surface area contributed by atoms with Crippen molar-refractivity contribution in [1.29, 1.82) is 0 Å². The number of nitrogens with zero attached hydrogens (tertiary/aromatic N) is 1. The summed E-state index contributed by atoms with van der Waals surface area (Å²) >= 11 is 0. The van der Waals surface area contributed by atoms with Crippen molar-refractivity contribution < 1.29 is 12.8 Å². The molecule has 0 aliphatic carbocycles. The highest BCUT2D eigenvalue weighted by molar-refractivity contribution is 7.89. The topological polar surface area (TPSA) is 63.4 Å². The number of hydrogen-bond donors (Lipinski definition) is 1. The summed E-state index contributed by atoms with van der Waals surface area (Å²) in [6.45, 7) is 4.96. The van der Waals surface area contributed by atoms with Crippen molar-refractivity contribution >= 4 is 15.7 Å². The summed E-state index contributed by atoms with van der Waals surface area (Å²) in [5, 5.41) is 0. The van der Waals surface area contributed by atoms with Crippen LogP contribution in [0.25, 0.3) is 0 Å². The molecule has 6 heteroatoms. The fourth-order valence-corrected chi connectivity index (χ4v) is 3.53. The quantitative estimate of drug-likeness (QED) is 0.751. The summed E-state index contributed by atoms with van der Waals surface area (Å²) in [4.78, 5) is -0.00824. The summed E-state index contributed by atoms with van der Waals surface area (Å²) in [6, 6.07) is 3.41. The van der Waals surface area contributed by atoms with Gasteiger partial charge < -0.3 is 5.73 Å². The molecule has 0 bridgehead atoms.